The largest absolute Gasteiger partial charge is 0.356 e. The first-order valence-electron chi connectivity index (χ1n) is 5.01. The highest BCUT2D eigenvalue weighted by atomic mass is 79.9. The van der Waals surface area contributed by atoms with Crippen molar-refractivity contribution in [3.8, 4) is 0 Å². The second kappa shape index (κ2) is 6.02. The van der Waals surface area contributed by atoms with Gasteiger partial charge in [0.25, 0.3) is 0 Å². The molecule has 78 valence electrons. The molecule has 0 unspecified atom stereocenters. The molecular weight excluding hydrogens is 240 g/mol. The average molecular weight is 257 g/mol. The minimum absolute atomic E-state index is 0.989. The Morgan fingerprint density at radius 2 is 2.14 bits per heavy atom. The Hall–Kier alpha value is -0.570. The molecule has 2 nitrogen and oxygen atoms in total. The van der Waals surface area contributed by atoms with Gasteiger partial charge in [-0.25, -0.2) is 4.98 Å². The first-order valence-corrected chi connectivity index (χ1v) is 6.13. The van der Waals surface area contributed by atoms with Gasteiger partial charge in [0.05, 0.1) is 0 Å². The van der Waals surface area contributed by atoms with Crippen LogP contribution in [0.2, 0.25) is 0 Å². The second-order valence-corrected chi connectivity index (χ2v) is 4.16. The first kappa shape index (κ1) is 11.5. The van der Waals surface area contributed by atoms with Crippen LogP contribution in [0, 0.1) is 6.92 Å². The van der Waals surface area contributed by atoms with Crippen LogP contribution < -0.4 is 4.90 Å². The molecule has 0 amide bonds. The number of hydrogen-bond acceptors (Lipinski definition) is 2. The smallest absolute Gasteiger partial charge is 0.128 e. The molecule has 0 aliphatic heterocycles. The quantitative estimate of drug-likeness (QED) is 0.754. The van der Waals surface area contributed by atoms with Crippen LogP contribution in [0.3, 0.4) is 0 Å². The van der Waals surface area contributed by atoms with E-state index in [0.717, 1.165) is 30.7 Å². The van der Waals surface area contributed by atoms with Gasteiger partial charge in [-0.1, -0.05) is 28.9 Å². The molecule has 0 aromatic carbocycles. The van der Waals surface area contributed by atoms with Gasteiger partial charge in [0.1, 0.15) is 5.82 Å². The standard InChI is InChI=1S/C11H17BrN2/c1-3-7-14(8-6-12)11-5-4-10(2)9-13-11/h4-5,9H,3,6-8H2,1-2H3. The molecule has 0 saturated heterocycles. The van der Waals surface area contributed by atoms with Crippen molar-refractivity contribution < 1.29 is 0 Å². The average Bonchev–Trinajstić information content (AvgIpc) is 2.19. The van der Waals surface area contributed by atoms with Crippen LogP contribution in [-0.2, 0) is 0 Å². The molecule has 1 aromatic heterocycles. The number of nitrogens with zero attached hydrogens (tertiary/aromatic N) is 2. The van der Waals surface area contributed by atoms with Crippen molar-refractivity contribution in [3.63, 3.8) is 0 Å². The van der Waals surface area contributed by atoms with Crippen molar-refractivity contribution >= 4 is 21.7 Å². The fourth-order valence-electron chi connectivity index (χ4n) is 1.36. The van der Waals surface area contributed by atoms with Gasteiger partial charge in [-0.15, -0.1) is 0 Å². The molecule has 14 heavy (non-hydrogen) atoms. The van der Waals surface area contributed by atoms with E-state index in [4.69, 9.17) is 0 Å². The fourth-order valence-corrected chi connectivity index (χ4v) is 1.79. The van der Waals surface area contributed by atoms with Crippen LogP contribution in [0.5, 0.6) is 0 Å². The minimum atomic E-state index is 0.989. The summed E-state index contributed by atoms with van der Waals surface area (Å²) < 4.78 is 0. The monoisotopic (exact) mass is 256 g/mol. The van der Waals surface area contributed by atoms with Crippen LogP contribution in [0.25, 0.3) is 0 Å². The molecular formula is C11H17BrN2. The zero-order chi connectivity index (χ0) is 10.4. The molecule has 1 rings (SSSR count). The lowest BCUT2D eigenvalue weighted by atomic mass is 10.3. The maximum Gasteiger partial charge on any atom is 0.128 e. The van der Waals surface area contributed by atoms with E-state index in [1.54, 1.807) is 0 Å². The molecule has 0 saturated carbocycles. The molecule has 0 aliphatic carbocycles. The number of alkyl halides is 1. The van der Waals surface area contributed by atoms with Crippen LogP contribution in [-0.4, -0.2) is 23.4 Å². The predicted octanol–water partition coefficient (Wildman–Crippen LogP) is 3.00. The van der Waals surface area contributed by atoms with Crippen molar-refractivity contribution in [2.75, 3.05) is 23.3 Å². The van der Waals surface area contributed by atoms with E-state index in [9.17, 15) is 0 Å². The van der Waals surface area contributed by atoms with Gasteiger partial charge in [-0.2, -0.15) is 0 Å². The number of pyridine rings is 1. The number of rotatable bonds is 5. The SMILES string of the molecule is CCCN(CCBr)c1ccc(C)cn1. The predicted molar refractivity (Wildman–Crippen MR) is 65.3 cm³/mol. The van der Waals surface area contributed by atoms with E-state index < -0.39 is 0 Å². The third kappa shape index (κ3) is 3.29. The van der Waals surface area contributed by atoms with Gasteiger partial charge in [-0.3, -0.25) is 0 Å². The normalized spacial score (nSPS) is 10.2. The molecule has 0 atom stereocenters. The van der Waals surface area contributed by atoms with Crippen molar-refractivity contribution in [1.82, 2.24) is 4.98 Å². The van der Waals surface area contributed by atoms with E-state index in [1.807, 2.05) is 6.20 Å². The Morgan fingerprint density at radius 1 is 1.36 bits per heavy atom. The van der Waals surface area contributed by atoms with Gasteiger partial charge in [-0.05, 0) is 25.0 Å². The Bertz CT molecular complexity index is 252. The topological polar surface area (TPSA) is 16.1 Å². The molecule has 1 heterocycles. The third-order valence-electron chi connectivity index (χ3n) is 2.07. The first-order chi connectivity index (χ1) is 6.77. The highest BCUT2D eigenvalue weighted by Crippen LogP contribution is 2.11. The van der Waals surface area contributed by atoms with Crippen molar-refractivity contribution in [1.29, 1.82) is 0 Å². The van der Waals surface area contributed by atoms with Crippen LogP contribution in [0.15, 0.2) is 18.3 Å². The summed E-state index contributed by atoms with van der Waals surface area (Å²) in [6.07, 6.45) is 3.08. The van der Waals surface area contributed by atoms with Crippen molar-refractivity contribution in [3.05, 3.63) is 23.9 Å². The van der Waals surface area contributed by atoms with Crippen molar-refractivity contribution in [2.45, 2.75) is 20.3 Å². The molecule has 1 aromatic rings. The lowest BCUT2D eigenvalue weighted by Gasteiger charge is -2.21. The summed E-state index contributed by atoms with van der Waals surface area (Å²) in [4.78, 5) is 6.72. The molecule has 0 spiro atoms. The van der Waals surface area contributed by atoms with Gasteiger partial charge in [0.15, 0.2) is 0 Å². The number of hydrogen-bond donors (Lipinski definition) is 0. The summed E-state index contributed by atoms with van der Waals surface area (Å²) in [6, 6.07) is 4.20. The van der Waals surface area contributed by atoms with Gasteiger partial charge >= 0.3 is 0 Å². The summed E-state index contributed by atoms with van der Waals surface area (Å²) in [5, 5.41) is 0.989. The van der Waals surface area contributed by atoms with Crippen LogP contribution >= 0.6 is 15.9 Å². The Kier molecular flexibility index (Phi) is 4.94. The molecule has 0 fully saturated rings. The summed E-state index contributed by atoms with van der Waals surface area (Å²) in [5.41, 5.74) is 1.21. The molecule has 0 bridgehead atoms. The zero-order valence-electron chi connectivity index (χ0n) is 8.83. The van der Waals surface area contributed by atoms with E-state index in [2.05, 4.69) is 51.8 Å². The molecule has 0 radical (unpaired) electrons. The van der Waals surface area contributed by atoms with E-state index >= 15 is 0 Å². The highest BCUT2D eigenvalue weighted by molar-refractivity contribution is 9.09. The Balaban J connectivity index is 2.71. The zero-order valence-corrected chi connectivity index (χ0v) is 10.4. The molecule has 0 aliphatic rings. The van der Waals surface area contributed by atoms with Gasteiger partial charge in [0.2, 0.25) is 0 Å². The number of aromatic nitrogens is 1. The van der Waals surface area contributed by atoms with Crippen LogP contribution in [0.4, 0.5) is 5.82 Å². The number of anilines is 1. The number of aryl methyl sites for hydroxylation is 1. The molecule has 0 N–H and O–H groups in total. The maximum absolute atomic E-state index is 4.42. The Morgan fingerprint density at radius 3 is 2.64 bits per heavy atom. The van der Waals surface area contributed by atoms with Gasteiger partial charge in [0, 0.05) is 24.6 Å². The Labute approximate surface area is 94.5 Å². The lowest BCUT2D eigenvalue weighted by Crippen LogP contribution is -2.26. The van der Waals surface area contributed by atoms with E-state index in [0.29, 0.717) is 0 Å². The maximum atomic E-state index is 4.42. The van der Waals surface area contributed by atoms with E-state index in [1.165, 1.54) is 5.56 Å². The fraction of sp³-hybridized carbons (Fsp3) is 0.545. The summed E-state index contributed by atoms with van der Waals surface area (Å²) in [7, 11) is 0. The number of halogens is 1. The summed E-state index contributed by atoms with van der Waals surface area (Å²) in [6.45, 7) is 6.34. The summed E-state index contributed by atoms with van der Waals surface area (Å²) in [5.74, 6) is 1.08. The van der Waals surface area contributed by atoms with Gasteiger partial charge < -0.3 is 4.90 Å². The van der Waals surface area contributed by atoms with E-state index in [-0.39, 0.29) is 0 Å². The lowest BCUT2D eigenvalue weighted by molar-refractivity contribution is 0.784. The highest BCUT2D eigenvalue weighted by Gasteiger charge is 2.04. The minimum Gasteiger partial charge on any atom is -0.356 e. The second-order valence-electron chi connectivity index (χ2n) is 3.37. The third-order valence-corrected chi connectivity index (χ3v) is 2.42. The molecule has 3 heteroatoms. The van der Waals surface area contributed by atoms with Crippen LogP contribution in [0.1, 0.15) is 18.9 Å². The summed E-state index contributed by atoms with van der Waals surface area (Å²) >= 11 is 3.46. The van der Waals surface area contributed by atoms with Crippen molar-refractivity contribution in [2.24, 2.45) is 0 Å².